The normalized spacial score (nSPS) is 11.2. The third kappa shape index (κ3) is 6.22. The molecule has 0 unspecified atom stereocenters. The Bertz CT molecular complexity index is 1100. The van der Waals surface area contributed by atoms with Crippen molar-refractivity contribution in [3.05, 3.63) is 77.5 Å². The zero-order valence-electron chi connectivity index (χ0n) is 20.1. The fourth-order valence-corrected chi connectivity index (χ4v) is 3.44. The van der Waals surface area contributed by atoms with Gasteiger partial charge in [0.2, 0.25) is 5.91 Å². The molecule has 2 N–H and O–H groups in total. The lowest BCUT2D eigenvalue weighted by Gasteiger charge is -2.22. The first-order valence-electron chi connectivity index (χ1n) is 11.2. The Balaban J connectivity index is 1.86. The fraction of sp³-hybridized carbons (Fsp3) is 0.346. The highest BCUT2D eigenvalue weighted by molar-refractivity contribution is 5.94. The smallest absolute Gasteiger partial charge is 0.318 e. The van der Waals surface area contributed by atoms with Crippen LogP contribution in [-0.2, 0) is 16.8 Å². The van der Waals surface area contributed by atoms with E-state index in [4.69, 9.17) is 5.10 Å². The number of para-hydroxylation sites is 1. The van der Waals surface area contributed by atoms with Gasteiger partial charge in [-0.2, -0.15) is 5.10 Å². The number of aryl methyl sites for hydroxylation is 1. The van der Waals surface area contributed by atoms with Crippen LogP contribution in [0.25, 0.3) is 5.69 Å². The molecule has 1 aromatic heterocycles. The maximum atomic E-state index is 13.1. The molecule has 0 bridgehead atoms. The summed E-state index contributed by atoms with van der Waals surface area (Å²) < 4.78 is 1.77. The van der Waals surface area contributed by atoms with Gasteiger partial charge in [0, 0.05) is 24.6 Å². The molecule has 1 heterocycles. The van der Waals surface area contributed by atoms with Crippen LogP contribution >= 0.6 is 0 Å². The van der Waals surface area contributed by atoms with E-state index in [1.165, 1.54) is 4.90 Å². The molecule has 33 heavy (non-hydrogen) atoms. The number of nitrogens with zero attached hydrogens (tertiary/aromatic N) is 3. The molecule has 2 aromatic carbocycles. The van der Waals surface area contributed by atoms with Crippen LogP contribution in [0.4, 0.5) is 10.6 Å². The summed E-state index contributed by atoms with van der Waals surface area (Å²) in [4.78, 5) is 27.2. The van der Waals surface area contributed by atoms with E-state index in [9.17, 15) is 9.59 Å². The van der Waals surface area contributed by atoms with Gasteiger partial charge in [-0.25, -0.2) is 9.48 Å². The van der Waals surface area contributed by atoms with Gasteiger partial charge in [-0.15, -0.1) is 0 Å². The number of carbonyl (C=O) groups excluding carboxylic acids is 2. The van der Waals surface area contributed by atoms with E-state index < -0.39 is 0 Å². The van der Waals surface area contributed by atoms with Gasteiger partial charge in [0.05, 0.1) is 11.4 Å². The number of hydrogen-bond acceptors (Lipinski definition) is 3. The molecule has 0 saturated heterocycles. The molecule has 0 aliphatic carbocycles. The van der Waals surface area contributed by atoms with Gasteiger partial charge in [-0.1, -0.05) is 69.3 Å². The molecule has 3 rings (SSSR count). The first-order chi connectivity index (χ1) is 15.7. The van der Waals surface area contributed by atoms with Gasteiger partial charge in [0.25, 0.3) is 0 Å². The minimum Gasteiger partial charge on any atom is -0.338 e. The topological polar surface area (TPSA) is 79.3 Å². The Hall–Kier alpha value is -3.61. The highest BCUT2D eigenvalue weighted by Gasteiger charge is 2.23. The lowest BCUT2D eigenvalue weighted by molar-refractivity contribution is -0.116. The number of rotatable bonds is 7. The summed E-state index contributed by atoms with van der Waals surface area (Å²) in [6.45, 7) is 10.9. The van der Waals surface area contributed by atoms with Crippen molar-refractivity contribution in [3.63, 3.8) is 0 Å². The second-order valence-corrected chi connectivity index (χ2v) is 9.09. The maximum absolute atomic E-state index is 13.1. The summed E-state index contributed by atoms with van der Waals surface area (Å²) in [5.41, 5.74) is 3.58. The van der Waals surface area contributed by atoms with Crippen LogP contribution in [0.5, 0.6) is 0 Å². The zero-order chi connectivity index (χ0) is 24.0. The van der Waals surface area contributed by atoms with Gasteiger partial charge >= 0.3 is 6.03 Å². The largest absolute Gasteiger partial charge is 0.338 e. The Kier molecular flexibility index (Phi) is 7.53. The van der Waals surface area contributed by atoms with Gasteiger partial charge < -0.3 is 15.5 Å². The molecule has 0 radical (unpaired) electrons. The number of nitrogens with one attached hydrogen (secondary N) is 2. The average molecular weight is 448 g/mol. The third-order valence-corrected chi connectivity index (χ3v) is 5.25. The molecule has 0 spiro atoms. The fourth-order valence-electron chi connectivity index (χ4n) is 3.44. The van der Waals surface area contributed by atoms with Crippen LogP contribution in [0.15, 0.2) is 60.7 Å². The van der Waals surface area contributed by atoms with Crippen molar-refractivity contribution in [3.8, 4) is 5.69 Å². The average Bonchev–Trinajstić information content (AvgIpc) is 3.18. The molecule has 3 aromatic rings. The molecular weight excluding hydrogens is 414 g/mol. The lowest BCUT2D eigenvalue weighted by Crippen LogP contribution is -2.43. The maximum Gasteiger partial charge on any atom is 0.318 e. The second-order valence-electron chi connectivity index (χ2n) is 9.09. The summed E-state index contributed by atoms with van der Waals surface area (Å²) >= 11 is 0. The predicted molar refractivity (Wildman–Crippen MR) is 132 cm³/mol. The Morgan fingerprint density at radius 2 is 1.70 bits per heavy atom. The van der Waals surface area contributed by atoms with E-state index in [1.54, 1.807) is 4.68 Å². The van der Waals surface area contributed by atoms with E-state index in [2.05, 4.69) is 31.4 Å². The minimum absolute atomic E-state index is 0.0788. The summed E-state index contributed by atoms with van der Waals surface area (Å²) in [5.74, 6) is 0.294. The monoisotopic (exact) mass is 447 g/mol. The van der Waals surface area contributed by atoms with E-state index >= 15 is 0 Å². The molecule has 0 aliphatic rings. The van der Waals surface area contributed by atoms with E-state index in [0.29, 0.717) is 18.9 Å². The molecule has 7 nitrogen and oxygen atoms in total. The first kappa shape index (κ1) is 24.0. The van der Waals surface area contributed by atoms with Crippen molar-refractivity contribution in [2.75, 3.05) is 18.4 Å². The van der Waals surface area contributed by atoms with Crippen LogP contribution in [0, 0.1) is 6.92 Å². The van der Waals surface area contributed by atoms with Crippen LogP contribution in [0.3, 0.4) is 0 Å². The molecule has 0 atom stereocenters. The molecule has 3 amide bonds. The zero-order valence-corrected chi connectivity index (χ0v) is 20.1. The van der Waals surface area contributed by atoms with E-state index in [0.717, 1.165) is 22.5 Å². The van der Waals surface area contributed by atoms with Gasteiger partial charge in [-0.3, -0.25) is 4.79 Å². The molecular formula is C26H33N5O2. The molecule has 174 valence electrons. The summed E-state index contributed by atoms with van der Waals surface area (Å²) in [5, 5.41) is 10.6. The van der Waals surface area contributed by atoms with Crippen molar-refractivity contribution in [2.45, 2.75) is 46.6 Å². The Morgan fingerprint density at radius 3 is 2.33 bits per heavy atom. The molecule has 7 heteroatoms. The number of aromatic nitrogens is 2. The van der Waals surface area contributed by atoms with Gasteiger partial charge in [-0.05, 0) is 31.0 Å². The number of benzene rings is 2. The standard InChI is InChI=1S/C26H33N5O2/c1-6-27-25(33)30(17-20-13-8-7-9-14-20)18-24(32)28-23-16-22(26(3,4)5)29-31(23)21-15-11-10-12-19(21)2/h7-16H,6,17-18H2,1-5H3,(H,27,33)(H,28,32). The Labute approximate surface area is 195 Å². The van der Waals surface area contributed by atoms with Crippen LogP contribution in [0.1, 0.15) is 44.5 Å². The van der Waals surface area contributed by atoms with Crippen molar-refractivity contribution in [1.82, 2.24) is 20.0 Å². The highest BCUT2D eigenvalue weighted by Crippen LogP contribution is 2.27. The van der Waals surface area contributed by atoms with E-state index in [-0.39, 0.29) is 23.9 Å². The number of hydrogen-bond donors (Lipinski definition) is 2. The van der Waals surface area contributed by atoms with E-state index in [1.807, 2.05) is 74.5 Å². The minimum atomic E-state index is -0.285. The van der Waals surface area contributed by atoms with Crippen molar-refractivity contribution >= 4 is 17.8 Å². The summed E-state index contributed by atoms with van der Waals surface area (Å²) in [7, 11) is 0. The number of urea groups is 1. The number of carbonyl (C=O) groups is 2. The summed E-state index contributed by atoms with van der Waals surface area (Å²) in [6.07, 6.45) is 0. The molecule has 0 saturated carbocycles. The lowest BCUT2D eigenvalue weighted by atomic mass is 9.92. The van der Waals surface area contributed by atoms with Crippen molar-refractivity contribution < 1.29 is 9.59 Å². The molecule has 0 fully saturated rings. The SMILES string of the molecule is CCNC(=O)N(CC(=O)Nc1cc(C(C)(C)C)nn1-c1ccccc1C)Cc1ccccc1. The first-order valence-corrected chi connectivity index (χ1v) is 11.2. The number of amides is 3. The van der Waals surface area contributed by atoms with Crippen LogP contribution in [-0.4, -0.2) is 39.7 Å². The molecule has 0 aliphatic heterocycles. The predicted octanol–water partition coefficient (Wildman–Crippen LogP) is 4.65. The van der Waals surface area contributed by atoms with Gasteiger partial charge in [0.15, 0.2) is 0 Å². The summed E-state index contributed by atoms with van der Waals surface area (Å²) in [6, 6.07) is 19.2. The quantitative estimate of drug-likeness (QED) is 0.553. The Morgan fingerprint density at radius 1 is 1.03 bits per heavy atom. The van der Waals surface area contributed by atoms with Crippen molar-refractivity contribution in [2.24, 2.45) is 0 Å². The van der Waals surface area contributed by atoms with Crippen LogP contribution in [0.2, 0.25) is 0 Å². The number of anilines is 1. The third-order valence-electron chi connectivity index (χ3n) is 5.25. The van der Waals surface area contributed by atoms with Crippen molar-refractivity contribution in [1.29, 1.82) is 0 Å². The second kappa shape index (κ2) is 10.3. The highest BCUT2D eigenvalue weighted by atomic mass is 16.2. The van der Waals surface area contributed by atoms with Gasteiger partial charge in [0.1, 0.15) is 12.4 Å². The van der Waals surface area contributed by atoms with Crippen LogP contribution < -0.4 is 10.6 Å².